The molecule has 0 bridgehead atoms. The summed E-state index contributed by atoms with van der Waals surface area (Å²) in [5.41, 5.74) is 0. The summed E-state index contributed by atoms with van der Waals surface area (Å²) >= 11 is 0. The third-order valence-corrected chi connectivity index (χ3v) is 0. The van der Waals surface area contributed by atoms with Crippen LogP contribution in [0.4, 0.5) is 0 Å². The molecule has 55 valence electrons. The molecule has 8 heavy (non-hydrogen) atoms. The fourth-order valence-electron chi connectivity index (χ4n) is 0. The van der Waals surface area contributed by atoms with Crippen molar-refractivity contribution in [2.45, 2.75) is 0 Å². The van der Waals surface area contributed by atoms with E-state index in [1.807, 2.05) is 0 Å². The minimum atomic E-state index is 0. The predicted octanol–water partition coefficient (Wildman–Crippen LogP) is -1.14. The minimum Gasteiger partial charge on any atom is 0 e. The number of rotatable bonds is 0. The Kier molecular flexibility index (Phi) is 297. The Morgan fingerprint density at radius 2 is 0.250 bits per heavy atom. The van der Waals surface area contributed by atoms with E-state index < -0.39 is 0 Å². The molecule has 9 radical (unpaired) electrons. The van der Waals surface area contributed by atoms with Crippen LogP contribution in [0.15, 0.2) is 0 Å². The first-order valence-corrected chi connectivity index (χ1v) is 0. The predicted molar refractivity (Wildman–Crippen MR) is 17.3 cm³/mol. The van der Waals surface area contributed by atoms with Crippen LogP contribution in [-0.2, 0) is 0 Å². The fourth-order valence-corrected chi connectivity index (χ4v) is 0. The van der Waals surface area contributed by atoms with Crippen molar-refractivity contribution >= 4 is 73.3 Å². The van der Waals surface area contributed by atoms with Gasteiger partial charge in [-0.25, -0.2) is 0 Å². The van der Waals surface area contributed by atoms with Crippen LogP contribution in [0.1, 0.15) is 0 Å². The molecule has 0 unspecified atom stereocenters. The van der Waals surface area contributed by atoms with E-state index in [-0.39, 0.29) is 273 Å². The average molecular weight is 1150 g/mol. The van der Waals surface area contributed by atoms with E-state index in [9.17, 15) is 0 Å². The van der Waals surface area contributed by atoms with Crippen LogP contribution in [0.3, 0.4) is 0 Å². The standard InChI is InChI=1S/5Gd.3Sb. The second-order valence-electron chi connectivity index (χ2n) is 0. The quantitative estimate of drug-likeness (QED) is 0.270. The van der Waals surface area contributed by atoms with Crippen molar-refractivity contribution in [1.82, 2.24) is 0 Å². The molecule has 8 heteroatoms. The molecule has 0 aromatic heterocycles. The zero-order valence-electron chi connectivity index (χ0n) is 3.11. The topological polar surface area (TPSA) is 0 Å². The van der Waals surface area contributed by atoms with Crippen molar-refractivity contribution in [1.29, 1.82) is 0 Å². The normalized spacial score (nSPS) is 0. The maximum Gasteiger partial charge on any atom is 0 e. The summed E-state index contributed by atoms with van der Waals surface area (Å²) in [7, 11) is 0. The summed E-state index contributed by atoms with van der Waals surface area (Å²) in [5.74, 6) is 0. The van der Waals surface area contributed by atoms with E-state index in [0.29, 0.717) is 0 Å². The number of hydrogen-bond acceptors (Lipinski definition) is 0. The molecular weight excluding hydrogens is 1150 g/mol. The zero-order chi connectivity index (χ0) is 0. The van der Waals surface area contributed by atoms with Crippen molar-refractivity contribution in [3.63, 3.8) is 0 Å². The van der Waals surface area contributed by atoms with Crippen LogP contribution in [-0.4, -0.2) is 73.3 Å². The molecule has 0 saturated carbocycles. The molecule has 0 aliphatic rings. The molecule has 0 amide bonds. The van der Waals surface area contributed by atoms with Gasteiger partial charge < -0.3 is 0 Å². The van der Waals surface area contributed by atoms with Crippen molar-refractivity contribution in [3.05, 3.63) is 0 Å². The first-order valence-electron chi connectivity index (χ1n) is 0. The van der Waals surface area contributed by atoms with Gasteiger partial charge in [-0.3, -0.25) is 0 Å². The second kappa shape index (κ2) is 44.4. The summed E-state index contributed by atoms with van der Waals surface area (Å²) in [5, 5.41) is 0. The van der Waals surface area contributed by atoms with Gasteiger partial charge in [0.1, 0.15) is 0 Å². The van der Waals surface area contributed by atoms with E-state index >= 15 is 0 Å². The van der Waals surface area contributed by atoms with Gasteiger partial charge in [0.2, 0.25) is 0 Å². The SMILES string of the molecule is [Gd].[Gd].[Gd].[Gd].[Gd].[Sb].[Sb].[Sb]. The van der Waals surface area contributed by atoms with Gasteiger partial charge in [-0.1, -0.05) is 0 Å². The molecule has 0 aromatic rings. The Morgan fingerprint density at radius 3 is 0.250 bits per heavy atom. The first kappa shape index (κ1) is 53.6. The van der Waals surface area contributed by atoms with Gasteiger partial charge in [-0.15, -0.1) is 0 Å². The van der Waals surface area contributed by atoms with Gasteiger partial charge in [0.25, 0.3) is 0 Å². The van der Waals surface area contributed by atoms with Crippen LogP contribution in [0, 0.1) is 200 Å². The van der Waals surface area contributed by atoms with E-state index in [1.54, 1.807) is 0 Å². The largest absolute Gasteiger partial charge is 0 e. The van der Waals surface area contributed by atoms with Gasteiger partial charge in [0.15, 0.2) is 0 Å². The Bertz CT molecular complexity index is 7.64. The molecule has 0 aliphatic carbocycles. The molecule has 0 N–H and O–H groups in total. The van der Waals surface area contributed by atoms with Crippen LogP contribution < -0.4 is 0 Å². The third-order valence-electron chi connectivity index (χ3n) is 0. The van der Waals surface area contributed by atoms with E-state index in [2.05, 4.69) is 0 Å². The molecule has 0 aliphatic heterocycles. The van der Waals surface area contributed by atoms with Gasteiger partial charge in [0.05, 0.1) is 0 Å². The van der Waals surface area contributed by atoms with Crippen LogP contribution in [0.5, 0.6) is 0 Å². The average Bonchev–Trinajstić information content (AvgIpc) is 0. The minimum absolute atomic E-state index is 0. The molecular formula is Gd5Sb3. The smallest absolute Gasteiger partial charge is 0 e. The van der Waals surface area contributed by atoms with Gasteiger partial charge in [-0.05, 0) is 0 Å². The maximum atomic E-state index is 0. The van der Waals surface area contributed by atoms with E-state index in [1.165, 1.54) is 0 Å². The van der Waals surface area contributed by atoms with Crippen molar-refractivity contribution in [3.8, 4) is 0 Å². The molecule has 0 aromatic carbocycles. The molecule has 0 heterocycles. The monoisotopic (exact) mass is 1150 g/mol. The van der Waals surface area contributed by atoms with Crippen LogP contribution in [0.25, 0.3) is 0 Å². The molecule has 0 rings (SSSR count). The summed E-state index contributed by atoms with van der Waals surface area (Å²) in [4.78, 5) is 0. The van der Waals surface area contributed by atoms with Crippen molar-refractivity contribution in [2.24, 2.45) is 0 Å². The third kappa shape index (κ3) is 36.3. The molecule has 0 atom stereocenters. The van der Waals surface area contributed by atoms with Crippen LogP contribution >= 0.6 is 0 Å². The van der Waals surface area contributed by atoms with Crippen molar-refractivity contribution in [2.75, 3.05) is 0 Å². The summed E-state index contributed by atoms with van der Waals surface area (Å²) in [6.07, 6.45) is 0. The molecule has 0 nitrogen and oxygen atoms in total. The Hall–Kier alpha value is 9.08. The molecule has 0 fully saturated rings. The maximum absolute atomic E-state index is 0. The van der Waals surface area contributed by atoms with Gasteiger partial charge >= 0.3 is 0 Å². The summed E-state index contributed by atoms with van der Waals surface area (Å²) in [6, 6.07) is 0. The Labute approximate surface area is 263 Å². The van der Waals surface area contributed by atoms with Gasteiger partial charge in [-0.2, -0.15) is 0 Å². The van der Waals surface area contributed by atoms with Crippen LogP contribution in [0.2, 0.25) is 0 Å². The second-order valence-corrected chi connectivity index (χ2v) is 0. The Balaban J connectivity index is 0. The van der Waals surface area contributed by atoms with E-state index in [0.717, 1.165) is 0 Å². The first-order chi connectivity index (χ1) is 0. The molecule has 0 spiro atoms. The van der Waals surface area contributed by atoms with E-state index in [4.69, 9.17) is 0 Å². The zero-order valence-corrected chi connectivity index (χ0v) is 22.1. The fraction of sp³-hybridized carbons (Fsp3) is 0. The van der Waals surface area contributed by atoms with Gasteiger partial charge in [0, 0.05) is 273 Å². The number of hydrogen-bond donors (Lipinski definition) is 0. The molecule has 0 saturated heterocycles. The summed E-state index contributed by atoms with van der Waals surface area (Å²) < 4.78 is 0. The summed E-state index contributed by atoms with van der Waals surface area (Å²) in [6.45, 7) is 0. The Morgan fingerprint density at radius 1 is 0.250 bits per heavy atom. The van der Waals surface area contributed by atoms with Crippen molar-refractivity contribution < 1.29 is 200 Å².